The van der Waals surface area contributed by atoms with E-state index in [2.05, 4.69) is 34.4 Å². The van der Waals surface area contributed by atoms with Crippen LogP contribution in [-0.4, -0.2) is 49.6 Å². The molecule has 2 aliphatic heterocycles. The summed E-state index contributed by atoms with van der Waals surface area (Å²) in [5, 5.41) is 6.84. The minimum Gasteiger partial charge on any atom is -0.356 e. The van der Waals surface area contributed by atoms with Crippen LogP contribution >= 0.6 is 0 Å². The summed E-state index contributed by atoms with van der Waals surface area (Å²) in [4.78, 5) is 7.13. The van der Waals surface area contributed by atoms with E-state index in [9.17, 15) is 0 Å². The van der Waals surface area contributed by atoms with E-state index in [0.717, 1.165) is 37.9 Å². The number of aliphatic imine (C=N–C) groups is 1. The normalized spacial score (nSPS) is 22.7. The third-order valence-electron chi connectivity index (χ3n) is 3.80. The van der Waals surface area contributed by atoms with Crippen molar-refractivity contribution >= 4 is 5.96 Å². The number of nitrogens with one attached hydrogen (secondary N) is 2. The Labute approximate surface area is 111 Å². The molecule has 2 N–H and O–H groups in total. The average Bonchev–Trinajstić information content (AvgIpc) is 2.89. The van der Waals surface area contributed by atoms with Crippen molar-refractivity contribution in [3.05, 3.63) is 0 Å². The van der Waals surface area contributed by atoms with Crippen LogP contribution < -0.4 is 10.6 Å². The van der Waals surface area contributed by atoms with Gasteiger partial charge in [0.15, 0.2) is 5.96 Å². The highest BCUT2D eigenvalue weighted by Gasteiger charge is 2.22. The highest BCUT2D eigenvalue weighted by atomic mass is 15.2. The monoisotopic (exact) mass is 252 g/mol. The van der Waals surface area contributed by atoms with Gasteiger partial charge in [0.2, 0.25) is 0 Å². The second kappa shape index (κ2) is 6.98. The number of nitrogens with zero attached hydrogens (tertiary/aromatic N) is 2. The fraction of sp³-hybridized carbons (Fsp3) is 0.929. The molecular formula is C14H28N4. The van der Waals surface area contributed by atoms with E-state index in [1.807, 2.05) is 0 Å². The third-order valence-corrected chi connectivity index (χ3v) is 3.80. The predicted molar refractivity (Wildman–Crippen MR) is 77.0 cm³/mol. The van der Waals surface area contributed by atoms with Gasteiger partial charge in [0, 0.05) is 25.7 Å². The van der Waals surface area contributed by atoms with Gasteiger partial charge >= 0.3 is 0 Å². The van der Waals surface area contributed by atoms with Gasteiger partial charge in [-0.05, 0) is 44.7 Å². The van der Waals surface area contributed by atoms with Crippen LogP contribution in [0.3, 0.4) is 0 Å². The molecule has 1 saturated heterocycles. The van der Waals surface area contributed by atoms with Crippen LogP contribution in [0.1, 0.15) is 39.5 Å². The minimum atomic E-state index is 0.666. The van der Waals surface area contributed by atoms with Crippen LogP contribution in [0.5, 0.6) is 0 Å². The molecule has 0 unspecified atom stereocenters. The summed E-state index contributed by atoms with van der Waals surface area (Å²) < 4.78 is 0. The largest absolute Gasteiger partial charge is 0.356 e. The highest BCUT2D eigenvalue weighted by Crippen LogP contribution is 2.17. The maximum absolute atomic E-state index is 4.48. The first-order valence-electron chi connectivity index (χ1n) is 7.52. The van der Waals surface area contributed by atoms with Gasteiger partial charge in [-0.15, -0.1) is 0 Å². The summed E-state index contributed by atoms with van der Waals surface area (Å²) >= 11 is 0. The summed E-state index contributed by atoms with van der Waals surface area (Å²) in [5.74, 6) is 1.77. The SMILES string of the molecule is CC(C)C[C@H](CNC1=NCCCN1)N1CCCC1. The van der Waals surface area contributed by atoms with Gasteiger partial charge in [-0.1, -0.05) is 13.8 Å². The molecule has 4 heteroatoms. The molecule has 18 heavy (non-hydrogen) atoms. The van der Waals surface area contributed by atoms with Gasteiger partial charge < -0.3 is 10.6 Å². The first-order valence-corrected chi connectivity index (χ1v) is 7.52. The van der Waals surface area contributed by atoms with Gasteiger partial charge in [-0.3, -0.25) is 9.89 Å². The van der Waals surface area contributed by atoms with Crippen molar-refractivity contribution in [3.8, 4) is 0 Å². The summed E-state index contributed by atoms with van der Waals surface area (Å²) in [5.41, 5.74) is 0. The molecule has 104 valence electrons. The first kappa shape index (κ1) is 13.7. The van der Waals surface area contributed by atoms with Crippen LogP contribution in [-0.2, 0) is 0 Å². The van der Waals surface area contributed by atoms with Gasteiger partial charge in [0.25, 0.3) is 0 Å². The summed E-state index contributed by atoms with van der Waals surface area (Å²) in [6.45, 7) is 10.2. The lowest BCUT2D eigenvalue weighted by Gasteiger charge is -2.30. The minimum absolute atomic E-state index is 0.666. The van der Waals surface area contributed by atoms with E-state index in [1.54, 1.807) is 0 Å². The van der Waals surface area contributed by atoms with Gasteiger partial charge in [0.1, 0.15) is 0 Å². The molecule has 0 saturated carbocycles. The molecule has 2 rings (SSSR count). The van der Waals surface area contributed by atoms with Crippen molar-refractivity contribution in [2.45, 2.75) is 45.6 Å². The van der Waals surface area contributed by atoms with Gasteiger partial charge in [-0.2, -0.15) is 0 Å². The number of hydrogen-bond acceptors (Lipinski definition) is 4. The third kappa shape index (κ3) is 4.16. The molecule has 1 fully saturated rings. The second-order valence-corrected chi connectivity index (χ2v) is 5.92. The van der Waals surface area contributed by atoms with Crippen molar-refractivity contribution in [3.63, 3.8) is 0 Å². The number of likely N-dealkylation sites (tertiary alicyclic amines) is 1. The Bertz CT molecular complexity index is 269. The maximum atomic E-state index is 4.48. The maximum Gasteiger partial charge on any atom is 0.191 e. The van der Waals surface area contributed by atoms with Crippen LogP contribution in [0.4, 0.5) is 0 Å². The summed E-state index contributed by atoms with van der Waals surface area (Å²) in [7, 11) is 0. The molecule has 0 aromatic carbocycles. The van der Waals surface area contributed by atoms with E-state index in [-0.39, 0.29) is 0 Å². The summed E-state index contributed by atoms with van der Waals surface area (Å²) in [6, 6.07) is 0.666. The molecule has 0 aromatic heterocycles. The molecule has 0 radical (unpaired) electrons. The average molecular weight is 252 g/mol. The summed E-state index contributed by atoms with van der Waals surface area (Å²) in [6.07, 6.45) is 5.18. The van der Waals surface area contributed by atoms with E-state index in [1.165, 1.54) is 32.4 Å². The number of hydrogen-bond donors (Lipinski definition) is 2. The first-order chi connectivity index (χ1) is 8.75. The molecular weight excluding hydrogens is 224 g/mol. The quantitative estimate of drug-likeness (QED) is 0.778. The molecule has 0 amide bonds. The number of guanidine groups is 1. The lowest BCUT2D eigenvalue weighted by atomic mass is 10.0. The predicted octanol–water partition coefficient (Wildman–Crippen LogP) is 1.44. The zero-order chi connectivity index (χ0) is 12.8. The fourth-order valence-corrected chi connectivity index (χ4v) is 2.88. The lowest BCUT2D eigenvalue weighted by molar-refractivity contribution is 0.212. The molecule has 2 aliphatic rings. The number of rotatable bonds is 5. The van der Waals surface area contributed by atoms with Crippen molar-refractivity contribution in [1.29, 1.82) is 0 Å². The van der Waals surface area contributed by atoms with Crippen molar-refractivity contribution in [1.82, 2.24) is 15.5 Å². The van der Waals surface area contributed by atoms with Crippen LogP contribution in [0.15, 0.2) is 4.99 Å². The Balaban J connectivity index is 1.81. The molecule has 1 atom stereocenters. The second-order valence-electron chi connectivity index (χ2n) is 5.92. The Hall–Kier alpha value is -0.770. The molecule has 0 aromatic rings. The Morgan fingerprint density at radius 3 is 2.67 bits per heavy atom. The van der Waals surface area contributed by atoms with Crippen molar-refractivity contribution in [2.75, 3.05) is 32.7 Å². The zero-order valence-corrected chi connectivity index (χ0v) is 11.9. The Morgan fingerprint density at radius 2 is 2.06 bits per heavy atom. The van der Waals surface area contributed by atoms with Gasteiger partial charge in [0.05, 0.1) is 0 Å². The molecule has 0 aliphatic carbocycles. The van der Waals surface area contributed by atoms with E-state index in [0.29, 0.717) is 6.04 Å². The van der Waals surface area contributed by atoms with E-state index in [4.69, 9.17) is 0 Å². The topological polar surface area (TPSA) is 39.7 Å². The molecule has 2 heterocycles. The van der Waals surface area contributed by atoms with Crippen molar-refractivity contribution in [2.24, 2.45) is 10.9 Å². The van der Waals surface area contributed by atoms with Crippen LogP contribution in [0.25, 0.3) is 0 Å². The fourth-order valence-electron chi connectivity index (χ4n) is 2.88. The zero-order valence-electron chi connectivity index (χ0n) is 11.9. The highest BCUT2D eigenvalue weighted by molar-refractivity contribution is 5.80. The van der Waals surface area contributed by atoms with E-state index < -0.39 is 0 Å². The van der Waals surface area contributed by atoms with Crippen LogP contribution in [0.2, 0.25) is 0 Å². The molecule has 0 bridgehead atoms. The van der Waals surface area contributed by atoms with Gasteiger partial charge in [-0.25, -0.2) is 0 Å². The van der Waals surface area contributed by atoms with E-state index >= 15 is 0 Å². The molecule has 4 nitrogen and oxygen atoms in total. The standard InChI is InChI=1S/C14H28N4/c1-12(2)10-13(18-8-3-4-9-18)11-17-14-15-6-5-7-16-14/h12-13H,3-11H2,1-2H3,(H2,15,16,17)/t13-/m1/s1. The Morgan fingerprint density at radius 1 is 1.28 bits per heavy atom. The molecule has 0 spiro atoms. The lowest BCUT2D eigenvalue weighted by Crippen LogP contribution is -2.48. The smallest absolute Gasteiger partial charge is 0.191 e. The van der Waals surface area contributed by atoms with Crippen molar-refractivity contribution < 1.29 is 0 Å². The Kier molecular flexibility index (Phi) is 5.29. The van der Waals surface area contributed by atoms with Crippen LogP contribution in [0, 0.1) is 5.92 Å².